The number of aromatic nitrogens is 2. The molecule has 0 aromatic carbocycles. The summed E-state index contributed by atoms with van der Waals surface area (Å²) in [6.07, 6.45) is 8.09. The molecule has 4 heteroatoms. The Kier molecular flexibility index (Phi) is 3.44. The van der Waals surface area contributed by atoms with Crippen LogP contribution in [0.2, 0.25) is 0 Å². The Morgan fingerprint density at radius 2 is 2.25 bits per heavy atom. The molecule has 3 nitrogen and oxygen atoms in total. The summed E-state index contributed by atoms with van der Waals surface area (Å²) in [7, 11) is 0. The number of ketones is 1. The standard InChI is InChI=1S/C16H19BrN2O/c1-16(2)6-4-3-5-13(16)14(20)12-9-19-15-11(12)7-10(17)8-18-15/h7-9,13H,3-6H2,1-2H3,(H,18,19). The Labute approximate surface area is 127 Å². The third kappa shape index (κ3) is 2.30. The predicted octanol–water partition coefficient (Wildman–Crippen LogP) is 4.72. The lowest BCUT2D eigenvalue weighted by molar-refractivity contribution is 0.0699. The molecule has 0 aliphatic heterocycles. The van der Waals surface area contributed by atoms with Gasteiger partial charge >= 0.3 is 0 Å². The molecule has 0 bridgehead atoms. The van der Waals surface area contributed by atoms with Gasteiger partial charge in [-0.25, -0.2) is 4.98 Å². The van der Waals surface area contributed by atoms with Crippen LogP contribution in [0, 0.1) is 11.3 Å². The maximum absolute atomic E-state index is 12.9. The second-order valence-electron chi connectivity index (χ2n) is 6.40. The molecule has 0 radical (unpaired) electrons. The summed E-state index contributed by atoms with van der Waals surface area (Å²) >= 11 is 3.43. The van der Waals surface area contributed by atoms with Gasteiger partial charge in [-0.2, -0.15) is 0 Å². The minimum atomic E-state index is 0.0956. The van der Waals surface area contributed by atoms with Gasteiger partial charge in [0.25, 0.3) is 0 Å². The topological polar surface area (TPSA) is 45.8 Å². The second-order valence-corrected chi connectivity index (χ2v) is 7.32. The van der Waals surface area contributed by atoms with Crippen LogP contribution in [0.5, 0.6) is 0 Å². The predicted molar refractivity (Wildman–Crippen MR) is 83.9 cm³/mol. The number of H-pyrrole nitrogens is 1. The maximum atomic E-state index is 12.9. The van der Waals surface area contributed by atoms with E-state index in [2.05, 4.69) is 39.7 Å². The highest BCUT2D eigenvalue weighted by atomic mass is 79.9. The van der Waals surface area contributed by atoms with Gasteiger partial charge in [0.2, 0.25) is 0 Å². The molecule has 2 heterocycles. The van der Waals surface area contributed by atoms with Crippen molar-refractivity contribution in [2.45, 2.75) is 39.5 Å². The van der Waals surface area contributed by atoms with Gasteiger partial charge in [0.05, 0.1) is 0 Å². The molecule has 0 saturated heterocycles. The van der Waals surface area contributed by atoms with Crippen LogP contribution in [0.4, 0.5) is 0 Å². The molecular formula is C16H19BrN2O. The summed E-state index contributed by atoms with van der Waals surface area (Å²) in [4.78, 5) is 20.4. The first kappa shape index (κ1) is 13.8. The van der Waals surface area contributed by atoms with Crippen molar-refractivity contribution >= 4 is 32.7 Å². The smallest absolute Gasteiger partial charge is 0.168 e. The molecule has 0 spiro atoms. The van der Waals surface area contributed by atoms with E-state index in [1.54, 1.807) is 6.20 Å². The SMILES string of the molecule is CC1(C)CCCCC1C(=O)c1c[nH]c2ncc(Br)cc12. The van der Waals surface area contributed by atoms with Crippen LogP contribution in [-0.2, 0) is 0 Å². The fraction of sp³-hybridized carbons (Fsp3) is 0.500. The molecule has 1 unspecified atom stereocenters. The molecule has 1 aliphatic carbocycles. The molecule has 20 heavy (non-hydrogen) atoms. The van der Waals surface area contributed by atoms with Gasteiger partial charge in [-0.05, 0) is 40.3 Å². The Hall–Kier alpha value is -1.16. The number of hydrogen-bond donors (Lipinski definition) is 1. The minimum absolute atomic E-state index is 0.0956. The monoisotopic (exact) mass is 334 g/mol. The summed E-state index contributed by atoms with van der Waals surface area (Å²) in [5.74, 6) is 0.384. The lowest BCUT2D eigenvalue weighted by atomic mass is 9.66. The van der Waals surface area contributed by atoms with Crippen LogP contribution in [0.3, 0.4) is 0 Å². The quantitative estimate of drug-likeness (QED) is 0.807. The number of fused-ring (bicyclic) bond motifs is 1. The fourth-order valence-electron chi connectivity index (χ4n) is 3.35. The zero-order chi connectivity index (χ0) is 14.3. The largest absolute Gasteiger partial charge is 0.345 e. The first-order valence-electron chi connectivity index (χ1n) is 7.16. The van der Waals surface area contributed by atoms with E-state index >= 15 is 0 Å². The van der Waals surface area contributed by atoms with Crippen molar-refractivity contribution in [2.75, 3.05) is 0 Å². The van der Waals surface area contributed by atoms with E-state index in [0.717, 1.165) is 40.3 Å². The van der Waals surface area contributed by atoms with Gasteiger partial charge in [-0.3, -0.25) is 4.79 Å². The molecule has 3 rings (SSSR count). The average Bonchev–Trinajstić information content (AvgIpc) is 2.80. The molecule has 1 fully saturated rings. The van der Waals surface area contributed by atoms with Crippen LogP contribution in [0.25, 0.3) is 11.0 Å². The third-order valence-electron chi connectivity index (χ3n) is 4.59. The van der Waals surface area contributed by atoms with Crippen molar-refractivity contribution in [2.24, 2.45) is 11.3 Å². The van der Waals surface area contributed by atoms with E-state index in [9.17, 15) is 4.79 Å². The van der Waals surface area contributed by atoms with Crippen molar-refractivity contribution in [3.8, 4) is 0 Å². The third-order valence-corrected chi connectivity index (χ3v) is 5.02. The Balaban J connectivity index is 2.02. The highest BCUT2D eigenvalue weighted by molar-refractivity contribution is 9.10. The molecule has 2 aromatic rings. The van der Waals surface area contributed by atoms with Gasteiger partial charge in [0, 0.05) is 33.7 Å². The highest BCUT2D eigenvalue weighted by Gasteiger charge is 2.38. The Bertz CT molecular complexity index is 660. The summed E-state index contributed by atoms with van der Waals surface area (Å²) < 4.78 is 0.904. The number of carbonyl (C=O) groups is 1. The van der Waals surface area contributed by atoms with Crippen LogP contribution in [-0.4, -0.2) is 15.8 Å². The van der Waals surface area contributed by atoms with Crippen LogP contribution in [0.1, 0.15) is 49.9 Å². The highest BCUT2D eigenvalue weighted by Crippen LogP contribution is 2.42. The minimum Gasteiger partial charge on any atom is -0.345 e. The number of nitrogens with one attached hydrogen (secondary N) is 1. The number of rotatable bonds is 2. The van der Waals surface area contributed by atoms with Gasteiger partial charge < -0.3 is 4.98 Å². The zero-order valence-electron chi connectivity index (χ0n) is 11.9. The zero-order valence-corrected chi connectivity index (χ0v) is 13.5. The van der Waals surface area contributed by atoms with Crippen molar-refractivity contribution in [3.05, 3.63) is 28.5 Å². The molecule has 1 N–H and O–H groups in total. The summed E-state index contributed by atoms with van der Waals surface area (Å²) in [5, 5.41) is 0.922. The number of Topliss-reactive ketones (excluding diaryl/α,β-unsaturated/α-hetero) is 1. The maximum Gasteiger partial charge on any atom is 0.168 e. The Morgan fingerprint density at radius 3 is 3.00 bits per heavy atom. The van der Waals surface area contributed by atoms with Gasteiger partial charge in [-0.1, -0.05) is 26.7 Å². The van der Waals surface area contributed by atoms with E-state index < -0.39 is 0 Å². The van der Waals surface area contributed by atoms with E-state index in [1.165, 1.54) is 6.42 Å². The molecule has 2 aromatic heterocycles. The fourth-order valence-corrected chi connectivity index (χ4v) is 3.68. The number of hydrogen-bond acceptors (Lipinski definition) is 2. The summed E-state index contributed by atoms with van der Waals surface area (Å²) in [6.45, 7) is 4.44. The van der Waals surface area contributed by atoms with E-state index in [-0.39, 0.29) is 17.1 Å². The first-order valence-corrected chi connectivity index (χ1v) is 7.95. The van der Waals surface area contributed by atoms with Crippen molar-refractivity contribution < 1.29 is 4.79 Å². The second kappa shape index (κ2) is 4.99. The Morgan fingerprint density at radius 1 is 1.45 bits per heavy atom. The normalized spacial score (nSPS) is 22.1. The molecule has 1 atom stereocenters. The molecule has 1 saturated carbocycles. The van der Waals surface area contributed by atoms with Crippen LogP contribution in [0.15, 0.2) is 22.9 Å². The van der Waals surface area contributed by atoms with Crippen molar-refractivity contribution in [1.29, 1.82) is 0 Å². The average molecular weight is 335 g/mol. The first-order chi connectivity index (χ1) is 9.49. The summed E-state index contributed by atoms with van der Waals surface area (Å²) in [6, 6.07) is 1.97. The lowest BCUT2D eigenvalue weighted by Crippen LogP contribution is -2.34. The number of nitrogens with zero attached hydrogens (tertiary/aromatic N) is 1. The molecule has 1 aliphatic rings. The van der Waals surface area contributed by atoms with Gasteiger partial charge in [-0.15, -0.1) is 0 Å². The van der Waals surface area contributed by atoms with Crippen LogP contribution >= 0.6 is 15.9 Å². The number of pyridine rings is 1. The van der Waals surface area contributed by atoms with Crippen molar-refractivity contribution in [3.63, 3.8) is 0 Å². The van der Waals surface area contributed by atoms with Crippen LogP contribution < -0.4 is 0 Å². The molecular weight excluding hydrogens is 316 g/mol. The van der Waals surface area contributed by atoms with Gasteiger partial charge in [0.15, 0.2) is 5.78 Å². The summed E-state index contributed by atoms with van der Waals surface area (Å²) in [5.41, 5.74) is 1.66. The van der Waals surface area contributed by atoms with E-state index in [0.29, 0.717) is 0 Å². The molecule has 106 valence electrons. The number of aromatic amines is 1. The van der Waals surface area contributed by atoms with Gasteiger partial charge in [0.1, 0.15) is 5.65 Å². The van der Waals surface area contributed by atoms with Crippen molar-refractivity contribution in [1.82, 2.24) is 9.97 Å². The number of halogens is 1. The molecule has 0 amide bonds. The number of carbonyl (C=O) groups excluding carboxylic acids is 1. The van der Waals surface area contributed by atoms with E-state index in [1.807, 2.05) is 12.3 Å². The van der Waals surface area contributed by atoms with E-state index in [4.69, 9.17) is 0 Å². The lowest BCUT2D eigenvalue weighted by Gasteiger charge is -2.37.